The van der Waals surface area contributed by atoms with Crippen LogP contribution in [-0.2, 0) is 17.8 Å². The Labute approximate surface area is 199 Å². The molecular formula is C28H30N4O2. The van der Waals surface area contributed by atoms with Crippen LogP contribution in [0.4, 0.5) is 0 Å². The third-order valence-electron chi connectivity index (χ3n) is 7.76. The topological polar surface area (TPSA) is 50.5 Å². The number of nitrogens with zero attached hydrogens (tertiary/aromatic N) is 4. The number of carbonyl (C=O) groups excluding carboxylic acids is 1. The van der Waals surface area contributed by atoms with Gasteiger partial charge in [0.25, 0.3) is 0 Å². The molecule has 1 amide bonds. The molecule has 6 heteroatoms. The van der Waals surface area contributed by atoms with Crippen molar-refractivity contribution in [1.29, 1.82) is 0 Å². The zero-order valence-corrected chi connectivity index (χ0v) is 19.8. The zero-order valence-electron chi connectivity index (χ0n) is 19.8. The van der Waals surface area contributed by atoms with Crippen molar-refractivity contribution in [1.82, 2.24) is 18.9 Å². The maximum absolute atomic E-state index is 13.5. The summed E-state index contributed by atoms with van der Waals surface area (Å²) < 4.78 is 3.58. The summed E-state index contributed by atoms with van der Waals surface area (Å²) in [5.74, 6) is -0.0743. The number of piperidine rings is 1. The van der Waals surface area contributed by atoms with Crippen LogP contribution in [0.15, 0.2) is 65.5 Å². The van der Waals surface area contributed by atoms with Crippen LogP contribution in [0.3, 0.4) is 0 Å². The number of fused-ring (bicyclic) bond motifs is 1. The number of carbonyl (C=O) groups is 1. The van der Waals surface area contributed by atoms with Gasteiger partial charge >= 0.3 is 5.69 Å². The standard InChI is InChI=1S/C28H30N4O2/c1-29(2)26(33)18-31-23-11-3-4-12-24(23)32(28(31)34)21-13-15-30(16-14-21)25-17-20-9-5-7-19-8-6-10-22(25)27(19)20/h3-12,21,25H,13-18H2,1-2H3. The molecule has 0 spiro atoms. The average Bonchev–Trinajstić information content (AvgIpc) is 3.36. The zero-order chi connectivity index (χ0) is 23.4. The summed E-state index contributed by atoms with van der Waals surface area (Å²) in [6.07, 6.45) is 2.92. The summed E-state index contributed by atoms with van der Waals surface area (Å²) in [7, 11) is 3.45. The Morgan fingerprint density at radius 1 is 0.941 bits per heavy atom. The van der Waals surface area contributed by atoms with Crippen molar-refractivity contribution in [2.24, 2.45) is 0 Å². The number of likely N-dealkylation sites (tertiary alicyclic amines) is 1. The molecular weight excluding hydrogens is 424 g/mol. The summed E-state index contributed by atoms with van der Waals surface area (Å²) in [6, 6.07) is 21.7. The molecule has 1 aromatic heterocycles. The molecule has 1 fully saturated rings. The first-order valence-electron chi connectivity index (χ1n) is 12.2. The molecule has 1 aliphatic carbocycles. The molecule has 3 aromatic carbocycles. The van der Waals surface area contributed by atoms with Gasteiger partial charge in [-0.2, -0.15) is 0 Å². The van der Waals surface area contributed by atoms with Gasteiger partial charge in [0, 0.05) is 39.3 Å². The van der Waals surface area contributed by atoms with E-state index in [-0.39, 0.29) is 24.2 Å². The number of aromatic nitrogens is 2. The lowest BCUT2D eigenvalue weighted by Gasteiger charge is -2.36. The summed E-state index contributed by atoms with van der Waals surface area (Å²) in [5, 5.41) is 2.76. The Bertz CT molecular complexity index is 1450. The number of benzene rings is 3. The minimum Gasteiger partial charge on any atom is -0.347 e. The van der Waals surface area contributed by atoms with Crippen molar-refractivity contribution in [2.75, 3.05) is 27.2 Å². The van der Waals surface area contributed by atoms with Gasteiger partial charge in [-0.1, -0.05) is 48.5 Å². The third kappa shape index (κ3) is 3.28. The highest BCUT2D eigenvalue weighted by atomic mass is 16.2. The number of imidazole rings is 1. The van der Waals surface area contributed by atoms with Gasteiger partial charge < -0.3 is 4.90 Å². The predicted octanol–water partition coefficient (Wildman–Crippen LogP) is 3.98. The van der Waals surface area contributed by atoms with Gasteiger partial charge in [0.1, 0.15) is 6.54 Å². The van der Waals surface area contributed by atoms with Gasteiger partial charge in [-0.25, -0.2) is 4.79 Å². The third-order valence-corrected chi connectivity index (χ3v) is 7.76. The second kappa shape index (κ2) is 8.13. The molecule has 0 saturated carbocycles. The van der Waals surface area contributed by atoms with Gasteiger partial charge in [-0.3, -0.25) is 18.8 Å². The van der Waals surface area contributed by atoms with E-state index in [2.05, 4.69) is 41.3 Å². The van der Waals surface area contributed by atoms with E-state index in [9.17, 15) is 9.59 Å². The van der Waals surface area contributed by atoms with E-state index in [0.717, 1.165) is 43.4 Å². The Morgan fingerprint density at radius 2 is 1.65 bits per heavy atom. The maximum Gasteiger partial charge on any atom is 0.329 e. The molecule has 6 nitrogen and oxygen atoms in total. The molecule has 6 rings (SSSR count). The number of hydrogen-bond acceptors (Lipinski definition) is 3. The molecule has 1 saturated heterocycles. The summed E-state index contributed by atoms with van der Waals surface area (Å²) >= 11 is 0. The lowest BCUT2D eigenvalue weighted by molar-refractivity contribution is -0.129. The SMILES string of the molecule is CN(C)C(=O)Cn1c(=O)n(C2CCN(C3Cc4cccc5cccc3c45)CC2)c2ccccc21. The first-order valence-corrected chi connectivity index (χ1v) is 12.2. The van der Waals surface area contributed by atoms with Crippen molar-refractivity contribution in [3.8, 4) is 0 Å². The van der Waals surface area contributed by atoms with E-state index in [1.54, 1.807) is 18.7 Å². The molecule has 0 bridgehead atoms. The van der Waals surface area contributed by atoms with Crippen LogP contribution in [0.25, 0.3) is 21.8 Å². The minimum atomic E-state index is -0.0760. The van der Waals surface area contributed by atoms with Gasteiger partial charge in [0.05, 0.1) is 11.0 Å². The molecule has 34 heavy (non-hydrogen) atoms. The second-order valence-corrected chi connectivity index (χ2v) is 9.87. The molecule has 1 unspecified atom stereocenters. The van der Waals surface area contributed by atoms with Crippen molar-refractivity contribution in [3.63, 3.8) is 0 Å². The van der Waals surface area contributed by atoms with Crippen LogP contribution in [-0.4, -0.2) is 52.0 Å². The smallest absolute Gasteiger partial charge is 0.329 e. The van der Waals surface area contributed by atoms with E-state index in [1.807, 2.05) is 28.8 Å². The van der Waals surface area contributed by atoms with E-state index < -0.39 is 0 Å². The van der Waals surface area contributed by atoms with Crippen LogP contribution < -0.4 is 5.69 Å². The van der Waals surface area contributed by atoms with E-state index in [0.29, 0.717) is 6.04 Å². The van der Waals surface area contributed by atoms with E-state index >= 15 is 0 Å². The molecule has 0 N–H and O–H groups in total. The lowest BCUT2D eigenvalue weighted by Crippen LogP contribution is -2.40. The normalized spacial score (nSPS) is 18.7. The Morgan fingerprint density at radius 3 is 2.38 bits per heavy atom. The summed E-state index contributed by atoms with van der Waals surface area (Å²) in [6.45, 7) is 1.99. The van der Waals surface area contributed by atoms with Crippen molar-refractivity contribution in [2.45, 2.75) is 37.9 Å². The number of amides is 1. The van der Waals surface area contributed by atoms with Crippen LogP contribution in [0.2, 0.25) is 0 Å². The molecule has 174 valence electrons. The van der Waals surface area contributed by atoms with Crippen LogP contribution in [0.5, 0.6) is 0 Å². The van der Waals surface area contributed by atoms with Crippen LogP contribution >= 0.6 is 0 Å². The molecule has 2 heterocycles. The monoisotopic (exact) mass is 454 g/mol. The fourth-order valence-corrected chi connectivity index (χ4v) is 6.01. The molecule has 1 atom stereocenters. The highest BCUT2D eigenvalue weighted by molar-refractivity contribution is 5.91. The predicted molar refractivity (Wildman–Crippen MR) is 135 cm³/mol. The number of likely N-dealkylation sites (N-methyl/N-ethyl adjacent to an activating group) is 1. The Kier molecular flexibility index (Phi) is 5.06. The van der Waals surface area contributed by atoms with Gasteiger partial charge in [-0.05, 0) is 53.3 Å². The van der Waals surface area contributed by atoms with E-state index in [4.69, 9.17) is 0 Å². The van der Waals surface area contributed by atoms with Gasteiger partial charge in [0.2, 0.25) is 5.91 Å². The second-order valence-electron chi connectivity index (χ2n) is 9.87. The lowest BCUT2D eigenvalue weighted by atomic mass is 9.99. The Hall–Kier alpha value is -3.38. The number of hydrogen-bond donors (Lipinski definition) is 0. The van der Waals surface area contributed by atoms with Crippen LogP contribution in [0, 0.1) is 0 Å². The highest BCUT2D eigenvalue weighted by Crippen LogP contribution is 2.41. The van der Waals surface area contributed by atoms with E-state index in [1.165, 1.54) is 26.8 Å². The van der Waals surface area contributed by atoms with Crippen LogP contribution in [0.1, 0.15) is 36.1 Å². The largest absolute Gasteiger partial charge is 0.347 e. The quantitative estimate of drug-likeness (QED) is 0.469. The fraction of sp³-hybridized carbons (Fsp3) is 0.357. The average molecular weight is 455 g/mol. The first-order chi connectivity index (χ1) is 16.5. The fourth-order valence-electron chi connectivity index (χ4n) is 6.01. The van der Waals surface area contributed by atoms with Crippen molar-refractivity contribution in [3.05, 3.63) is 82.3 Å². The van der Waals surface area contributed by atoms with Gasteiger partial charge in [-0.15, -0.1) is 0 Å². The van der Waals surface area contributed by atoms with Gasteiger partial charge in [0.15, 0.2) is 0 Å². The summed E-state index contributed by atoms with van der Waals surface area (Å²) in [5.41, 5.74) is 4.58. The number of para-hydroxylation sites is 2. The molecule has 2 aliphatic rings. The maximum atomic E-state index is 13.5. The number of rotatable bonds is 4. The Balaban J connectivity index is 1.27. The highest BCUT2D eigenvalue weighted by Gasteiger charge is 2.33. The molecule has 1 aliphatic heterocycles. The van der Waals surface area contributed by atoms with Crippen molar-refractivity contribution >= 4 is 27.7 Å². The minimum absolute atomic E-state index is 0.0720. The summed E-state index contributed by atoms with van der Waals surface area (Å²) in [4.78, 5) is 30.0. The van der Waals surface area contributed by atoms with Crippen molar-refractivity contribution < 1.29 is 4.79 Å². The molecule has 0 radical (unpaired) electrons. The first kappa shape index (κ1) is 21.2. The molecule has 4 aromatic rings.